The van der Waals surface area contributed by atoms with Gasteiger partial charge in [-0.2, -0.15) is 33.7 Å². The lowest BCUT2D eigenvalue weighted by atomic mass is 10.1. The largest absolute Gasteiger partial charge is 0.475 e. The molecule has 4 heterocycles. The van der Waals surface area contributed by atoms with Crippen LogP contribution in [0.2, 0.25) is 5.02 Å². The molecule has 0 saturated carbocycles. The van der Waals surface area contributed by atoms with E-state index in [-0.39, 0.29) is 115 Å². The van der Waals surface area contributed by atoms with Gasteiger partial charge in [-0.25, -0.2) is 55.1 Å². The highest BCUT2D eigenvalue weighted by molar-refractivity contribution is 14.1. The van der Waals surface area contributed by atoms with Crippen molar-refractivity contribution < 1.29 is 104 Å². The number of hydrogen-bond acceptors (Lipinski definition) is 20. The van der Waals surface area contributed by atoms with E-state index in [0.717, 1.165) is 63.2 Å². The molecule has 4 aliphatic rings. The van der Waals surface area contributed by atoms with Gasteiger partial charge in [-0.1, -0.05) is 120 Å². The van der Waals surface area contributed by atoms with E-state index in [1.807, 2.05) is 13.8 Å². The number of hydrogen-bond donors (Lipinski definition) is 0. The van der Waals surface area contributed by atoms with Crippen molar-refractivity contribution in [2.24, 2.45) is 20.0 Å². The summed E-state index contributed by atoms with van der Waals surface area (Å²) in [6.45, 7) is 4.17. The highest BCUT2D eigenvalue weighted by Gasteiger charge is 2.32. The number of rotatable bonds is 20. The molecule has 0 aromatic heterocycles. The summed E-state index contributed by atoms with van der Waals surface area (Å²) in [5, 5.41) is 0.410. The summed E-state index contributed by atoms with van der Waals surface area (Å²) in [6.07, 6.45) is 0. The van der Waals surface area contributed by atoms with Gasteiger partial charge in [0.15, 0.2) is 0 Å². The van der Waals surface area contributed by atoms with Crippen LogP contribution in [-0.4, -0.2) is 83.7 Å². The average molecular weight is 1850 g/mol. The van der Waals surface area contributed by atoms with E-state index in [1.165, 1.54) is 133 Å². The molecule has 0 amide bonds. The molecule has 4 atom stereocenters. The van der Waals surface area contributed by atoms with Crippen LogP contribution in [-0.2, 0) is 59.4 Å². The predicted molar refractivity (Wildman–Crippen MR) is 436 cm³/mol. The highest BCUT2D eigenvalue weighted by Crippen LogP contribution is 2.36. The van der Waals surface area contributed by atoms with E-state index in [0.29, 0.717) is 27.3 Å². The second-order valence-electron chi connectivity index (χ2n) is 26.4. The quantitative estimate of drug-likeness (QED) is 0.0390. The maximum atomic E-state index is 13.9. The molecule has 120 heavy (non-hydrogen) atoms. The van der Waals surface area contributed by atoms with Crippen molar-refractivity contribution in [3.8, 4) is 23.0 Å². The summed E-state index contributed by atoms with van der Waals surface area (Å²) < 4.78 is 253. The molecule has 0 aliphatic carbocycles. The smallest absolute Gasteiger partial charge is 0.339 e. The fraction of sp³-hybridized carbons (Fsp3) is 0.116. The van der Waals surface area contributed by atoms with Crippen LogP contribution >= 0.6 is 34.2 Å². The van der Waals surface area contributed by atoms with Crippen LogP contribution in [0, 0.1) is 64.0 Å². The molecule has 0 N–H and O–H groups in total. The van der Waals surface area contributed by atoms with Gasteiger partial charge < -0.3 is 35.7 Å². The summed E-state index contributed by atoms with van der Waals surface area (Å²) in [5.74, 6) is -5.90. The van der Waals surface area contributed by atoms with Gasteiger partial charge in [-0.3, -0.25) is 0 Å². The van der Waals surface area contributed by atoms with E-state index in [1.54, 1.807) is 84.9 Å². The lowest BCUT2D eigenvalue weighted by Crippen LogP contribution is -2.09. The molecular formula is C86H62ClF8IN4O16S4. The fourth-order valence-corrected chi connectivity index (χ4v) is 16.0. The Morgan fingerprint density at radius 1 is 0.292 bits per heavy atom. The van der Waals surface area contributed by atoms with E-state index in [4.69, 9.17) is 47.3 Å². The minimum absolute atomic E-state index is 0.0266. The minimum Gasteiger partial charge on any atom is -0.475 e. The Bertz CT molecular complexity index is 5540. The Morgan fingerprint density at radius 2 is 0.483 bits per heavy atom. The van der Waals surface area contributed by atoms with Crippen LogP contribution in [0.5, 0.6) is 23.0 Å². The third kappa shape index (κ3) is 21.0. The van der Waals surface area contributed by atoms with Crippen molar-refractivity contribution in [3.05, 3.63) is 378 Å². The summed E-state index contributed by atoms with van der Waals surface area (Å²) >= 11 is 7.85. The summed E-state index contributed by atoms with van der Waals surface area (Å²) in [4.78, 5) is 17.2. The molecule has 0 radical (unpaired) electrons. The summed E-state index contributed by atoms with van der Waals surface area (Å²) in [6, 6.07) is 61.8. The van der Waals surface area contributed by atoms with Gasteiger partial charge in [-0.05, 0) is 229 Å². The number of ether oxygens (including phenoxy) is 4. The van der Waals surface area contributed by atoms with E-state index >= 15 is 0 Å². The van der Waals surface area contributed by atoms with E-state index in [2.05, 4.69) is 42.6 Å². The Labute approximate surface area is 702 Å². The van der Waals surface area contributed by atoms with Gasteiger partial charge in [0.2, 0.25) is 23.6 Å². The molecule has 0 bridgehead atoms. The number of benzene rings is 12. The molecule has 12 aromatic carbocycles. The predicted octanol–water partition coefficient (Wildman–Crippen LogP) is 18.9. The molecule has 0 spiro atoms. The number of nitrogens with zero attached hydrogens (tertiary/aromatic N) is 4. The van der Waals surface area contributed by atoms with Crippen LogP contribution in [0.15, 0.2) is 306 Å². The molecule has 34 heteroatoms. The molecule has 4 aliphatic heterocycles. The second-order valence-corrected chi connectivity index (χ2v) is 34.3. The average Bonchev–Trinajstić information content (AvgIpc) is 1.74. The Morgan fingerprint density at radius 3 is 0.692 bits per heavy atom. The van der Waals surface area contributed by atoms with Crippen molar-refractivity contribution in [2.75, 3.05) is 26.4 Å². The van der Waals surface area contributed by atoms with Crippen molar-refractivity contribution in [1.82, 2.24) is 0 Å². The molecule has 4 unspecified atom stereocenters. The number of halogens is 10. The number of aliphatic imine (C=N–C) groups is 4. The maximum absolute atomic E-state index is 13.9. The standard InChI is InChI=1S/2C22H17F2NO4S.C21H14ClF2NO4S.C21H14F2INO4S/c2*1-14-5-11-17(12-6-14)30(26,27)29-16-9-7-15(8-10-16)20-13-28-22(25-20)21-18(23)3-2-4-19(21)24;22-14-6-10-16(11-7-14)30(26,27)29-15-8-4-13(5-9-15)19-12-28-21(25-19)20-17(23)2-1-3-18(20)24;22-17-2-1-3-18(23)20(17)21-25-19(12-28-21)13-4-8-15(9-5-13)29-30(26,27)16-10-6-14(24)7-11-16/h2*2-12,20H,13H2,1H3;2*1-11,19H,12H2. The first-order chi connectivity index (χ1) is 57.3. The zero-order valence-corrected chi connectivity index (χ0v) is 68.5. The van der Waals surface area contributed by atoms with Crippen LogP contribution in [0.1, 0.15) is 79.8 Å². The molecular weight excluding hydrogens is 1790 g/mol. The summed E-state index contributed by atoms with van der Waals surface area (Å²) in [5.41, 5.74) is 3.42. The lowest BCUT2D eigenvalue weighted by Gasteiger charge is -2.09. The second kappa shape index (κ2) is 37.1. The Hall–Kier alpha value is -12.0. The third-order valence-corrected chi connectivity index (χ3v) is 24.0. The molecule has 20 nitrogen and oxygen atoms in total. The topological polar surface area (TPSA) is 260 Å². The monoisotopic (exact) mass is 1850 g/mol. The van der Waals surface area contributed by atoms with Crippen molar-refractivity contribution in [3.63, 3.8) is 0 Å². The van der Waals surface area contributed by atoms with Crippen LogP contribution in [0.25, 0.3) is 0 Å². The fourth-order valence-electron chi connectivity index (χ4n) is 11.8. The maximum Gasteiger partial charge on any atom is 0.339 e. The Balaban J connectivity index is 0.000000138. The van der Waals surface area contributed by atoms with Crippen LogP contribution < -0.4 is 16.7 Å². The Kier molecular flexibility index (Phi) is 26.5. The first-order valence-corrected chi connectivity index (χ1v) is 42.8. The van der Waals surface area contributed by atoms with E-state index < -0.39 is 111 Å². The third-order valence-electron chi connectivity index (χ3n) is 18.0. The van der Waals surface area contributed by atoms with Crippen molar-refractivity contribution >= 4 is 98.3 Å². The minimum atomic E-state index is -4.01. The molecule has 0 saturated heterocycles. The highest BCUT2D eigenvalue weighted by atomic mass is 127. The van der Waals surface area contributed by atoms with Gasteiger partial charge >= 0.3 is 40.5 Å². The van der Waals surface area contributed by atoms with Crippen molar-refractivity contribution in [2.45, 2.75) is 57.6 Å². The molecule has 616 valence electrons. The lowest BCUT2D eigenvalue weighted by molar-refractivity contribution is 0.317. The van der Waals surface area contributed by atoms with Crippen molar-refractivity contribution in [1.29, 1.82) is 0 Å². The summed E-state index contributed by atoms with van der Waals surface area (Å²) in [7, 11) is -15.9. The van der Waals surface area contributed by atoms with Gasteiger partial charge in [0.1, 0.15) is 162 Å². The van der Waals surface area contributed by atoms with Gasteiger partial charge in [0, 0.05) is 8.59 Å². The molecule has 12 aromatic rings. The zero-order chi connectivity index (χ0) is 85.2. The van der Waals surface area contributed by atoms with Gasteiger partial charge in [0.25, 0.3) is 0 Å². The normalized spacial score (nSPS) is 16.1. The SMILES string of the molecule is Cc1ccc(S(=O)(=O)Oc2ccc(C3COC(c4c(F)cccc4F)=N3)cc2)cc1.Cc1ccc(S(=O)(=O)Oc2ccc(C3COC(c4c(F)cccc4F)=N3)cc2)cc1.O=S(=O)(Oc1ccc(C2COC(c3c(F)cccc3F)=N2)cc1)c1ccc(Cl)cc1.O=S(=O)(Oc1ccc(C2COC(c3c(F)cccc3F)=N2)cc1)c1ccc(I)cc1. The number of aryl methyl sites for hydroxylation is 2. The van der Waals surface area contributed by atoms with Crippen LogP contribution in [0.3, 0.4) is 0 Å². The first kappa shape index (κ1) is 85.8. The zero-order valence-electron chi connectivity index (χ0n) is 62.3. The van der Waals surface area contributed by atoms with Gasteiger partial charge in [0.05, 0.1) is 0 Å². The van der Waals surface area contributed by atoms with Crippen LogP contribution in [0.4, 0.5) is 35.1 Å². The molecule has 16 rings (SSSR count). The van der Waals surface area contributed by atoms with Gasteiger partial charge in [-0.15, -0.1) is 0 Å². The van der Waals surface area contributed by atoms with E-state index in [9.17, 15) is 68.8 Å². The molecule has 0 fully saturated rings. The first-order valence-electron chi connectivity index (χ1n) is 35.8.